The molecule has 0 amide bonds. The number of methoxy groups -OCH3 is 1. The number of ether oxygens (including phenoxy) is 1. The van der Waals surface area contributed by atoms with Crippen molar-refractivity contribution in [3.05, 3.63) is 0 Å². The maximum Gasteiger partial charge on any atom is 0.0545 e. The maximum absolute atomic E-state index is 5.06. The molecule has 64 valence electrons. The second kappa shape index (κ2) is 5.66. The first-order valence-electron chi connectivity index (χ1n) is 3.63. The Hall–Kier alpha value is 1.04. The van der Waals surface area contributed by atoms with Crippen molar-refractivity contribution in [3.63, 3.8) is 0 Å². The van der Waals surface area contributed by atoms with Crippen LogP contribution in [0, 0.1) is 0 Å². The van der Waals surface area contributed by atoms with E-state index in [1.165, 1.54) is 17.3 Å². The predicted octanol–water partition coefficient (Wildman–Crippen LogP) is 2.83. The summed E-state index contributed by atoms with van der Waals surface area (Å²) in [5.74, 6) is 3.91. The van der Waals surface area contributed by atoms with Gasteiger partial charge < -0.3 is 4.74 Å². The highest BCUT2D eigenvalue weighted by Gasteiger charge is 2.14. The van der Waals surface area contributed by atoms with E-state index in [1.807, 2.05) is 0 Å². The Bertz CT molecular complexity index is 83.7. The zero-order chi connectivity index (χ0) is 8.04. The molecule has 0 radical (unpaired) electrons. The van der Waals surface area contributed by atoms with E-state index in [1.54, 1.807) is 7.11 Å². The fourth-order valence-electron chi connectivity index (χ4n) is 0.725. The summed E-state index contributed by atoms with van der Waals surface area (Å²) in [5.41, 5.74) is 0. The SMILES string of the molecule is CCS(I)(CC)CCOC. The fraction of sp³-hybridized carbons (Fsp3) is 1.00. The highest BCUT2D eigenvalue weighted by atomic mass is 127. The molecule has 3 heteroatoms. The van der Waals surface area contributed by atoms with Crippen LogP contribution in [0.15, 0.2) is 0 Å². The Morgan fingerprint density at radius 2 is 1.80 bits per heavy atom. The van der Waals surface area contributed by atoms with E-state index in [2.05, 4.69) is 35.1 Å². The van der Waals surface area contributed by atoms with E-state index < -0.39 is 0 Å². The van der Waals surface area contributed by atoms with Gasteiger partial charge in [0.05, 0.1) is 6.61 Å². The zero-order valence-corrected chi connectivity index (χ0v) is 10.00. The van der Waals surface area contributed by atoms with Gasteiger partial charge in [-0.3, -0.25) is 0 Å². The molecular formula is C7H17IOS. The van der Waals surface area contributed by atoms with E-state index in [0.717, 1.165) is 6.61 Å². The van der Waals surface area contributed by atoms with Gasteiger partial charge in [0.25, 0.3) is 0 Å². The average molecular weight is 276 g/mol. The molecule has 0 aliphatic carbocycles. The second-order valence-corrected chi connectivity index (χ2v) is 11.3. The minimum Gasteiger partial charge on any atom is -0.384 e. The van der Waals surface area contributed by atoms with E-state index >= 15 is 0 Å². The van der Waals surface area contributed by atoms with Crippen molar-refractivity contribution in [2.24, 2.45) is 0 Å². The van der Waals surface area contributed by atoms with Crippen molar-refractivity contribution in [1.29, 1.82) is 0 Å². The third-order valence-electron chi connectivity index (χ3n) is 1.69. The van der Waals surface area contributed by atoms with E-state index in [4.69, 9.17) is 4.74 Å². The summed E-state index contributed by atoms with van der Waals surface area (Å²) in [6, 6.07) is 0. The molecular weight excluding hydrogens is 259 g/mol. The van der Waals surface area contributed by atoms with Gasteiger partial charge in [-0.1, -0.05) is 13.8 Å². The summed E-state index contributed by atoms with van der Waals surface area (Å²) in [6.07, 6.45) is 0. The van der Waals surface area contributed by atoms with Gasteiger partial charge in [0, 0.05) is 12.9 Å². The summed E-state index contributed by atoms with van der Waals surface area (Å²) >= 11 is 2.63. The lowest BCUT2D eigenvalue weighted by Gasteiger charge is -2.30. The van der Waals surface area contributed by atoms with Crippen LogP contribution in [0.1, 0.15) is 13.8 Å². The van der Waals surface area contributed by atoms with Gasteiger partial charge in [0.15, 0.2) is 0 Å². The van der Waals surface area contributed by atoms with Crippen LogP contribution in [0.2, 0.25) is 0 Å². The van der Waals surface area contributed by atoms with Gasteiger partial charge in [-0.15, -0.1) is 0 Å². The minimum absolute atomic E-state index is 0.332. The molecule has 1 nitrogen and oxygen atoms in total. The maximum atomic E-state index is 5.06. The Kier molecular flexibility index (Phi) is 6.25. The molecule has 0 spiro atoms. The summed E-state index contributed by atoms with van der Waals surface area (Å²) in [5, 5.41) is 0. The van der Waals surface area contributed by atoms with Crippen LogP contribution >= 0.6 is 28.4 Å². The van der Waals surface area contributed by atoms with Crippen molar-refractivity contribution in [1.82, 2.24) is 0 Å². The fourth-order valence-corrected chi connectivity index (χ4v) is 2.72. The Balaban J connectivity index is 3.58. The molecule has 10 heavy (non-hydrogen) atoms. The molecule has 0 aromatic carbocycles. The minimum atomic E-state index is -0.332. The Morgan fingerprint density at radius 3 is 2.10 bits per heavy atom. The number of hydrogen-bond donors (Lipinski definition) is 0. The Morgan fingerprint density at radius 1 is 1.30 bits per heavy atom. The van der Waals surface area contributed by atoms with Crippen LogP contribution < -0.4 is 0 Å². The number of hydrogen-bond acceptors (Lipinski definition) is 1. The molecule has 0 aliphatic rings. The lowest BCUT2D eigenvalue weighted by atomic mass is 10.9. The van der Waals surface area contributed by atoms with Gasteiger partial charge >= 0.3 is 0 Å². The van der Waals surface area contributed by atoms with Crippen LogP contribution in [0.3, 0.4) is 0 Å². The summed E-state index contributed by atoms with van der Waals surface area (Å²) in [4.78, 5) is 0. The van der Waals surface area contributed by atoms with Crippen LogP contribution in [0.4, 0.5) is 0 Å². The van der Waals surface area contributed by atoms with Gasteiger partial charge in [-0.2, -0.15) is 7.20 Å². The highest BCUT2D eigenvalue weighted by molar-refractivity contribution is 14.2. The third kappa shape index (κ3) is 4.03. The first-order valence-corrected chi connectivity index (χ1v) is 8.31. The number of halogens is 1. The Labute approximate surface area is 77.8 Å². The molecule has 0 rings (SSSR count). The lowest BCUT2D eigenvalue weighted by Crippen LogP contribution is -2.07. The summed E-state index contributed by atoms with van der Waals surface area (Å²) in [6.45, 7) is 5.49. The lowest BCUT2D eigenvalue weighted by molar-refractivity contribution is 0.218. The quantitative estimate of drug-likeness (QED) is 0.702. The smallest absolute Gasteiger partial charge is 0.0545 e. The van der Waals surface area contributed by atoms with Gasteiger partial charge in [-0.25, -0.2) is 0 Å². The molecule has 0 unspecified atom stereocenters. The highest BCUT2D eigenvalue weighted by Crippen LogP contribution is 2.55. The molecule has 0 N–H and O–H groups in total. The standard InChI is InChI=1S/C7H17IOS/c1-4-10(8,5-2)7-6-9-3/h4-7H2,1-3H3. The molecule has 0 bridgehead atoms. The molecule has 0 fully saturated rings. The first-order chi connectivity index (χ1) is 4.68. The second-order valence-electron chi connectivity index (χ2n) is 2.21. The van der Waals surface area contributed by atoms with E-state index in [0.29, 0.717) is 0 Å². The molecule has 0 saturated heterocycles. The average Bonchev–Trinajstić information content (AvgIpc) is 2.00. The van der Waals surface area contributed by atoms with Crippen LogP contribution in [-0.4, -0.2) is 31.0 Å². The third-order valence-corrected chi connectivity index (χ3v) is 9.71. The molecule has 0 saturated carbocycles. The van der Waals surface area contributed by atoms with Crippen LogP contribution in [-0.2, 0) is 4.74 Å². The largest absolute Gasteiger partial charge is 0.384 e. The molecule has 0 aromatic rings. The molecule has 0 aromatic heterocycles. The van der Waals surface area contributed by atoms with Gasteiger partial charge in [0.2, 0.25) is 0 Å². The van der Waals surface area contributed by atoms with E-state index in [-0.39, 0.29) is 7.20 Å². The monoisotopic (exact) mass is 276 g/mol. The predicted molar refractivity (Wildman–Crippen MR) is 59.4 cm³/mol. The molecule has 0 heterocycles. The van der Waals surface area contributed by atoms with Gasteiger partial charge in [-0.05, 0) is 32.7 Å². The first kappa shape index (κ1) is 11.0. The molecule has 0 atom stereocenters. The van der Waals surface area contributed by atoms with Crippen molar-refractivity contribution >= 4 is 28.4 Å². The van der Waals surface area contributed by atoms with Crippen molar-refractivity contribution in [2.45, 2.75) is 13.8 Å². The van der Waals surface area contributed by atoms with Crippen LogP contribution in [0.25, 0.3) is 0 Å². The van der Waals surface area contributed by atoms with Crippen LogP contribution in [0.5, 0.6) is 0 Å². The van der Waals surface area contributed by atoms with E-state index in [9.17, 15) is 0 Å². The molecule has 0 aliphatic heterocycles. The number of rotatable bonds is 5. The van der Waals surface area contributed by atoms with Gasteiger partial charge in [0.1, 0.15) is 0 Å². The zero-order valence-electron chi connectivity index (χ0n) is 7.02. The summed E-state index contributed by atoms with van der Waals surface area (Å²) < 4.78 is 5.06. The van der Waals surface area contributed by atoms with Crippen molar-refractivity contribution in [3.8, 4) is 0 Å². The van der Waals surface area contributed by atoms with Crippen molar-refractivity contribution in [2.75, 3.05) is 31.0 Å². The van der Waals surface area contributed by atoms with Crippen molar-refractivity contribution < 1.29 is 4.74 Å². The topological polar surface area (TPSA) is 9.23 Å². The normalized spacial score (nSPS) is 13.6. The summed E-state index contributed by atoms with van der Waals surface area (Å²) in [7, 11) is 1.45.